The SMILES string of the molecule is COc1ccc(OC)c([C@H]2C(=C(O)c3ccc(Br)cc3)C(=O)C(=O)N2CCCN(C)C)c1. The number of ketones is 1. The minimum Gasteiger partial charge on any atom is -0.507 e. The number of methoxy groups -OCH3 is 2. The fourth-order valence-corrected chi connectivity index (χ4v) is 4.07. The van der Waals surface area contributed by atoms with Crippen molar-refractivity contribution in [3.8, 4) is 11.5 Å². The van der Waals surface area contributed by atoms with E-state index >= 15 is 0 Å². The molecule has 8 heteroatoms. The molecule has 1 fully saturated rings. The molecule has 170 valence electrons. The number of likely N-dealkylation sites (tertiary alicyclic amines) is 1. The average Bonchev–Trinajstić information content (AvgIpc) is 3.03. The molecule has 1 atom stereocenters. The fraction of sp³-hybridized carbons (Fsp3) is 0.333. The third kappa shape index (κ3) is 4.81. The van der Waals surface area contributed by atoms with Crippen LogP contribution in [0.5, 0.6) is 11.5 Å². The van der Waals surface area contributed by atoms with Crippen molar-refractivity contribution < 1.29 is 24.2 Å². The van der Waals surface area contributed by atoms with Crippen molar-refractivity contribution in [2.24, 2.45) is 0 Å². The normalized spacial score (nSPS) is 17.8. The summed E-state index contributed by atoms with van der Waals surface area (Å²) in [5.41, 5.74) is 1.06. The second-order valence-electron chi connectivity index (χ2n) is 7.76. The lowest BCUT2D eigenvalue weighted by atomic mass is 9.94. The number of benzene rings is 2. The summed E-state index contributed by atoms with van der Waals surface area (Å²) in [6.07, 6.45) is 0.668. The van der Waals surface area contributed by atoms with Gasteiger partial charge >= 0.3 is 0 Å². The maximum Gasteiger partial charge on any atom is 0.295 e. The molecule has 0 bridgehead atoms. The van der Waals surface area contributed by atoms with Crippen LogP contribution in [0.15, 0.2) is 52.5 Å². The Morgan fingerprint density at radius 3 is 2.38 bits per heavy atom. The Bertz CT molecular complexity index is 1030. The summed E-state index contributed by atoms with van der Waals surface area (Å²) in [6.45, 7) is 1.10. The number of amides is 1. The number of hydrogen-bond donors (Lipinski definition) is 1. The van der Waals surface area contributed by atoms with Gasteiger partial charge in [-0.3, -0.25) is 9.59 Å². The lowest BCUT2D eigenvalue weighted by Gasteiger charge is -2.27. The van der Waals surface area contributed by atoms with Crippen molar-refractivity contribution in [3.05, 3.63) is 63.6 Å². The van der Waals surface area contributed by atoms with E-state index in [-0.39, 0.29) is 11.3 Å². The molecule has 0 unspecified atom stereocenters. The van der Waals surface area contributed by atoms with Gasteiger partial charge in [-0.05, 0) is 57.4 Å². The Labute approximate surface area is 196 Å². The molecular weight excluding hydrogens is 476 g/mol. The molecule has 2 aromatic rings. The van der Waals surface area contributed by atoms with Gasteiger partial charge in [0, 0.05) is 22.1 Å². The maximum atomic E-state index is 13.1. The Morgan fingerprint density at radius 2 is 1.78 bits per heavy atom. The van der Waals surface area contributed by atoms with Crippen LogP contribution in [0.25, 0.3) is 5.76 Å². The predicted molar refractivity (Wildman–Crippen MR) is 126 cm³/mol. The number of rotatable bonds is 8. The predicted octanol–water partition coefficient (Wildman–Crippen LogP) is 3.84. The fourth-order valence-electron chi connectivity index (χ4n) is 3.81. The quantitative estimate of drug-likeness (QED) is 0.335. The molecule has 1 N–H and O–H groups in total. The Balaban J connectivity index is 2.18. The smallest absolute Gasteiger partial charge is 0.295 e. The van der Waals surface area contributed by atoms with Crippen LogP contribution in [0, 0.1) is 0 Å². The summed E-state index contributed by atoms with van der Waals surface area (Å²) >= 11 is 3.37. The third-order valence-electron chi connectivity index (χ3n) is 5.39. The first-order valence-electron chi connectivity index (χ1n) is 10.2. The van der Waals surface area contributed by atoms with E-state index in [1.165, 1.54) is 12.0 Å². The number of aliphatic hydroxyl groups excluding tert-OH is 1. The molecule has 1 aliphatic heterocycles. The molecular formula is C24H27BrN2O5. The second kappa shape index (κ2) is 10.2. The van der Waals surface area contributed by atoms with E-state index in [0.717, 1.165) is 11.0 Å². The van der Waals surface area contributed by atoms with Crippen molar-refractivity contribution in [2.45, 2.75) is 12.5 Å². The maximum absolute atomic E-state index is 13.1. The van der Waals surface area contributed by atoms with Crippen LogP contribution in [-0.4, -0.2) is 68.0 Å². The standard InChI is InChI=1S/C24H27BrN2O5/c1-26(2)12-5-13-27-21(18-14-17(31-3)10-11-19(18)32-4)20(23(29)24(27)30)22(28)15-6-8-16(25)9-7-15/h6-11,14,21,28H,5,12-13H2,1-4H3/t21-/m0/s1. The van der Waals surface area contributed by atoms with E-state index in [9.17, 15) is 14.7 Å². The van der Waals surface area contributed by atoms with E-state index in [2.05, 4.69) is 15.9 Å². The van der Waals surface area contributed by atoms with Crippen LogP contribution in [-0.2, 0) is 9.59 Å². The highest BCUT2D eigenvalue weighted by atomic mass is 79.9. The molecule has 0 spiro atoms. The van der Waals surface area contributed by atoms with E-state index in [1.54, 1.807) is 49.6 Å². The zero-order chi connectivity index (χ0) is 23.4. The minimum absolute atomic E-state index is 0.0359. The minimum atomic E-state index is -0.800. The van der Waals surface area contributed by atoms with Crippen molar-refractivity contribution >= 4 is 33.4 Å². The molecule has 0 aliphatic carbocycles. The van der Waals surface area contributed by atoms with Gasteiger partial charge in [-0.25, -0.2) is 0 Å². The Kier molecular flexibility index (Phi) is 7.58. The van der Waals surface area contributed by atoms with E-state index < -0.39 is 17.7 Å². The summed E-state index contributed by atoms with van der Waals surface area (Å²) < 4.78 is 11.8. The Hall–Kier alpha value is -2.84. The van der Waals surface area contributed by atoms with Crippen LogP contribution >= 0.6 is 15.9 Å². The highest BCUT2D eigenvalue weighted by Crippen LogP contribution is 2.44. The van der Waals surface area contributed by atoms with Gasteiger partial charge < -0.3 is 24.4 Å². The number of hydrogen-bond acceptors (Lipinski definition) is 6. The molecule has 0 aromatic heterocycles. The number of aliphatic hydroxyl groups is 1. The average molecular weight is 503 g/mol. The van der Waals surface area contributed by atoms with Crippen molar-refractivity contribution in [1.82, 2.24) is 9.80 Å². The number of Topliss-reactive ketones (excluding diaryl/α,β-unsaturated/α-hetero) is 1. The van der Waals surface area contributed by atoms with E-state index in [4.69, 9.17) is 9.47 Å². The van der Waals surface area contributed by atoms with Crippen molar-refractivity contribution in [2.75, 3.05) is 41.4 Å². The molecule has 0 radical (unpaired) electrons. The van der Waals surface area contributed by atoms with Gasteiger partial charge in [0.15, 0.2) is 0 Å². The third-order valence-corrected chi connectivity index (χ3v) is 5.92. The first-order chi connectivity index (χ1) is 15.3. The monoisotopic (exact) mass is 502 g/mol. The molecule has 2 aromatic carbocycles. The van der Waals surface area contributed by atoms with Gasteiger partial charge in [0.1, 0.15) is 17.3 Å². The van der Waals surface area contributed by atoms with Gasteiger partial charge in [-0.15, -0.1) is 0 Å². The van der Waals surface area contributed by atoms with Crippen molar-refractivity contribution in [3.63, 3.8) is 0 Å². The second-order valence-corrected chi connectivity index (χ2v) is 8.68. The lowest BCUT2D eigenvalue weighted by Crippen LogP contribution is -2.32. The zero-order valence-corrected chi connectivity index (χ0v) is 20.2. The molecule has 1 aliphatic rings. The molecule has 0 saturated carbocycles. The number of halogens is 1. The van der Waals surface area contributed by atoms with Crippen LogP contribution in [0.1, 0.15) is 23.6 Å². The van der Waals surface area contributed by atoms with Crippen LogP contribution < -0.4 is 9.47 Å². The van der Waals surface area contributed by atoms with Gasteiger partial charge in [-0.1, -0.05) is 28.1 Å². The number of carbonyl (C=O) groups is 2. The summed E-state index contributed by atoms with van der Waals surface area (Å²) in [5.74, 6) is -0.524. The van der Waals surface area contributed by atoms with E-state index in [0.29, 0.717) is 35.6 Å². The first kappa shape index (κ1) is 23.8. The molecule has 1 saturated heterocycles. The molecule has 1 heterocycles. The summed E-state index contributed by atoms with van der Waals surface area (Å²) in [4.78, 5) is 29.7. The van der Waals surface area contributed by atoms with Crippen LogP contribution in [0.3, 0.4) is 0 Å². The van der Waals surface area contributed by atoms with Gasteiger partial charge in [0.25, 0.3) is 11.7 Å². The summed E-state index contributed by atoms with van der Waals surface area (Å²) in [6, 6.07) is 11.3. The lowest BCUT2D eigenvalue weighted by molar-refractivity contribution is -0.140. The molecule has 32 heavy (non-hydrogen) atoms. The number of carbonyl (C=O) groups excluding carboxylic acids is 2. The highest BCUT2D eigenvalue weighted by Gasteiger charge is 2.47. The van der Waals surface area contributed by atoms with Gasteiger partial charge in [0.05, 0.1) is 25.8 Å². The van der Waals surface area contributed by atoms with Crippen LogP contribution in [0.2, 0.25) is 0 Å². The molecule has 3 rings (SSSR count). The summed E-state index contributed by atoms with van der Waals surface area (Å²) in [5, 5.41) is 11.1. The topological polar surface area (TPSA) is 79.3 Å². The highest BCUT2D eigenvalue weighted by molar-refractivity contribution is 9.10. The molecule has 1 amide bonds. The largest absolute Gasteiger partial charge is 0.507 e. The van der Waals surface area contributed by atoms with Crippen LogP contribution in [0.4, 0.5) is 0 Å². The Morgan fingerprint density at radius 1 is 1.09 bits per heavy atom. The number of ether oxygens (including phenoxy) is 2. The number of nitrogens with zero attached hydrogens (tertiary/aromatic N) is 2. The summed E-state index contributed by atoms with van der Waals surface area (Å²) in [7, 11) is 6.97. The van der Waals surface area contributed by atoms with Gasteiger partial charge in [-0.2, -0.15) is 0 Å². The first-order valence-corrected chi connectivity index (χ1v) is 11.0. The van der Waals surface area contributed by atoms with Gasteiger partial charge in [0.2, 0.25) is 0 Å². The molecule has 7 nitrogen and oxygen atoms in total. The van der Waals surface area contributed by atoms with Crippen molar-refractivity contribution in [1.29, 1.82) is 0 Å². The zero-order valence-electron chi connectivity index (χ0n) is 18.6. The van der Waals surface area contributed by atoms with E-state index in [1.807, 2.05) is 19.0 Å².